The van der Waals surface area contributed by atoms with E-state index in [2.05, 4.69) is 4.74 Å². The minimum absolute atomic E-state index is 0.0857. The van der Waals surface area contributed by atoms with E-state index in [1.54, 1.807) is 13.8 Å². The summed E-state index contributed by atoms with van der Waals surface area (Å²) in [5, 5.41) is 0.432. The fraction of sp³-hybridized carbons (Fsp3) is 0.333. The van der Waals surface area contributed by atoms with Crippen molar-refractivity contribution in [3.8, 4) is 0 Å². The molecule has 0 saturated heterocycles. The largest absolute Gasteiger partial charge is 0.460 e. The second-order valence-corrected chi connectivity index (χ2v) is 4.16. The van der Waals surface area contributed by atoms with Crippen LogP contribution in [0.5, 0.6) is 0 Å². The Kier molecular flexibility index (Phi) is 4.63. The summed E-state index contributed by atoms with van der Waals surface area (Å²) >= 11 is 5.63. The number of alkyl halides is 1. The lowest BCUT2D eigenvalue weighted by atomic mass is 10.1. The summed E-state index contributed by atoms with van der Waals surface area (Å²) in [6.45, 7) is 3.16. The van der Waals surface area contributed by atoms with Crippen molar-refractivity contribution in [1.29, 1.82) is 0 Å². The monoisotopic (exact) mass is 258 g/mol. The summed E-state index contributed by atoms with van der Waals surface area (Å²) in [4.78, 5) is 22.8. The highest BCUT2D eigenvalue weighted by molar-refractivity contribution is 6.30. The first kappa shape index (κ1) is 13.6. The van der Waals surface area contributed by atoms with Gasteiger partial charge in [0.2, 0.25) is 5.78 Å². The molecule has 1 atom stereocenters. The fourth-order valence-corrected chi connectivity index (χ4v) is 1.29. The normalized spacial score (nSPS) is 12.3. The van der Waals surface area contributed by atoms with E-state index in [4.69, 9.17) is 11.6 Å². The Balaban J connectivity index is 2.76. The van der Waals surface area contributed by atoms with Gasteiger partial charge in [0, 0.05) is 10.6 Å². The maximum Gasteiger partial charge on any atom is 0.349 e. The number of hydrogen-bond donors (Lipinski definition) is 0. The van der Waals surface area contributed by atoms with Crippen LogP contribution in [-0.2, 0) is 9.53 Å². The first-order valence-electron chi connectivity index (χ1n) is 5.06. The van der Waals surface area contributed by atoms with Crippen LogP contribution in [0.25, 0.3) is 0 Å². The molecule has 5 heteroatoms. The molecule has 0 aliphatic heterocycles. The molecular weight excluding hydrogens is 247 g/mol. The molecule has 0 amide bonds. The van der Waals surface area contributed by atoms with E-state index in [0.717, 1.165) is 0 Å². The maximum absolute atomic E-state index is 13.5. The molecule has 92 valence electrons. The van der Waals surface area contributed by atoms with Crippen molar-refractivity contribution in [2.24, 2.45) is 0 Å². The number of hydrogen-bond acceptors (Lipinski definition) is 3. The summed E-state index contributed by atoms with van der Waals surface area (Å²) in [6.07, 6.45) is -2.75. The Morgan fingerprint density at radius 3 is 2.24 bits per heavy atom. The molecule has 0 spiro atoms. The third kappa shape index (κ3) is 3.82. The van der Waals surface area contributed by atoms with E-state index in [1.165, 1.54) is 24.3 Å². The third-order valence-corrected chi connectivity index (χ3v) is 2.17. The summed E-state index contributed by atoms with van der Waals surface area (Å²) in [6, 6.07) is 5.63. The zero-order chi connectivity index (χ0) is 13.0. The molecule has 1 aromatic carbocycles. The lowest BCUT2D eigenvalue weighted by Gasteiger charge is -2.10. The molecule has 0 N–H and O–H groups in total. The van der Waals surface area contributed by atoms with Gasteiger partial charge in [0.05, 0.1) is 6.10 Å². The van der Waals surface area contributed by atoms with Gasteiger partial charge in [0.1, 0.15) is 0 Å². The molecule has 1 aromatic rings. The van der Waals surface area contributed by atoms with Gasteiger partial charge in [-0.3, -0.25) is 4.79 Å². The van der Waals surface area contributed by atoms with Crippen LogP contribution < -0.4 is 0 Å². The number of halogens is 2. The summed E-state index contributed by atoms with van der Waals surface area (Å²) < 4.78 is 18.1. The van der Waals surface area contributed by atoms with Crippen LogP contribution in [0.1, 0.15) is 24.2 Å². The predicted octanol–water partition coefficient (Wildman–Crippen LogP) is 2.81. The van der Waals surface area contributed by atoms with Gasteiger partial charge in [-0.15, -0.1) is 0 Å². The second kappa shape index (κ2) is 5.77. The van der Waals surface area contributed by atoms with E-state index in [1.807, 2.05) is 0 Å². The van der Waals surface area contributed by atoms with Gasteiger partial charge in [-0.25, -0.2) is 9.18 Å². The molecule has 0 aromatic heterocycles. The van der Waals surface area contributed by atoms with Gasteiger partial charge < -0.3 is 4.74 Å². The number of ether oxygens (including phenoxy) is 1. The molecule has 17 heavy (non-hydrogen) atoms. The molecule has 0 heterocycles. The average molecular weight is 259 g/mol. The van der Waals surface area contributed by atoms with Gasteiger partial charge >= 0.3 is 5.97 Å². The Morgan fingerprint density at radius 2 is 1.76 bits per heavy atom. The molecular formula is C12H12ClFO3. The Labute approximate surface area is 104 Å². The molecule has 0 saturated carbocycles. The van der Waals surface area contributed by atoms with E-state index in [9.17, 15) is 14.0 Å². The number of esters is 1. The van der Waals surface area contributed by atoms with Crippen molar-refractivity contribution in [3.05, 3.63) is 34.9 Å². The van der Waals surface area contributed by atoms with Gasteiger partial charge in [0.25, 0.3) is 6.17 Å². The van der Waals surface area contributed by atoms with Crippen LogP contribution >= 0.6 is 11.6 Å². The van der Waals surface area contributed by atoms with Gasteiger partial charge in [-0.1, -0.05) is 11.6 Å². The summed E-state index contributed by atoms with van der Waals surface area (Å²) in [7, 11) is 0. The predicted molar refractivity (Wildman–Crippen MR) is 61.9 cm³/mol. The zero-order valence-corrected chi connectivity index (χ0v) is 10.2. The van der Waals surface area contributed by atoms with Crippen molar-refractivity contribution < 1.29 is 18.7 Å². The van der Waals surface area contributed by atoms with Crippen LogP contribution in [0.4, 0.5) is 4.39 Å². The van der Waals surface area contributed by atoms with Crippen molar-refractivity contribution in [2.45, 2.75) is 26.1 Å². The summed E-state index contributed by atoms with van der Waals surface area (Å²) in [5.74, 6) is -2.09. The van der Waals surface area contributed by atoms with Crippen molar-refractivity contribution in [1.82, 2.24) is 0 Å². The van der Waals surface area contributed by atoms with Crippen molar-refractivity contribution >= 4 is 23.4 Å². The lowest BCUT2D eigenvalue weighted by Crippen LogP contribution is -2.29. The number of Topliss-reactive ketones (excluding diaryl/α,β-unsaturated/α-hetero) is 1. The van der Waals surface area contributed by atoms with Crippen LogP contribution in [0.15, 0.2) is 24.3 Å². The van der Waals surface area contributed by atoms with Gasteiger partial charge in [-0.2, -0.15) is 0 Å². The smallest absolute Gasteiger partial charge is 0.349 e. The molecule has 0 radical (unpaired) electrons. The van der Waals surface area contributed by atoms with Crippen LogP contribution in [0, 0.1) is 0 Å². The second-order valence-electron chi connectivity index (χ2n) is 3.72. The number of benzene rings is 1. The molecule has 1 unspecified atom stereocenters. The molecule has 0 aliphatic carbocycles. The topological polar surface area (TPSA) is 43.4 Å². The quantitative estimate of drug-likeness (QED) is 0.474. The number of ketones is 1. The highest BCUT2D eigenvalue weighted by Crippen LogP contribution is 2.13. The lowest BCUT2D eigenvalue weighted by molar-refractivity contribution is -0.151. The van der Waals surface area contributed by atoms with Crippen molar-refractivity contribution in [2.75, 3.05) is 0 Å². The minimum Gasteiger partial charge on any atom is -0.460 e. The fourth-order valence-electron chi connectivity index (χ4n) is 1.16. The van der Waals surface area contributed by atoms with Gasteiger partial charge in [-0.05, 0) is 38.1 Å². The van der Waals surface area contributed by atoms with E-state index >= 15 is 0 Å². The van der Waals surface area contributed by atoms with Crippen LogP contribution in [-0.4, -0.2) is 24.0 Å². The molecule has 0 fully saturated rings. The Bertz CT molecular complexity index is 414. The standard InChI is InChI=1S/C12H12ClFO3/c1-7(2)17-12(16)10(14)11(15)8-3-5-9(13)6-4-8/h3-7,10H,1-2H3. The van der Waals surface area contributed by atoms with E-state index in [0.29, 0.717) is 5.02 Å². The van der Waals surface area contributed by atoms with E-state index < -0.39 is 24.0 Å². The molecule has 0 bridgehead atoms. The number of carbonyl (C=O) groups excluding carboxylic acids is 2. The Morgan fingerprint density at radius 1 is 1.24 bits per heavy atom. The van der Waals surface area contributed by atoms with Crippen LogP contribution in [0.3, 0.4) is 0 Å². The highest BCUT2D eigenvalue weighted by atomic mass is 35.5. The first-order chi connectivity index (χ1) is 7.91. The Hall–Kier alpha value is -1.42. The SMILES string of the molecule is CC(C)OC(=O)C(F)C(=O)c1ccc(Cl)cc1. The number of rotatable bonds is 4. The minimum atomic E-state index is -2.29. The van der Waals surface area contributed by atoms with Crippen molar-refractivity contribution in [3.63, 3.8) is 0 Å². The van der Waals surface area contributed by atoms with Gasteiger partial charge in [0.15, 0.2) is 0 Å². The zero-order valence-electron chi connectivity index (χ0n) is 9.44. The maximum atomic E-state index is 13.5. The summed E-state index contributed by atoms with van der Waals surface area (Å²) in [5.41, 5.74) is 0.0857. The molecule has 3 nitrogen and oxygen atoms in total. The van der Waals surface area contributed by atoms with Crippen LogP contribution in [0.2, 0.25) is 5.02 Å². The van der Waals surface area contributed by atoms with E-state index in [-0.39, 0.29) is 5.56 Å². The average Bonchev–Trinajstić information content (AvgIpc) is 2.27. The first-order valence-corrected chi connectivity index (χ1v) is 5.44. The number of carbonyl (C=O) groups is 2. The highest BCUT2D eigenvalue weighted by Gasteiger charge is 2.29. The molecule has 0 aliphatic rings. The molecule has 1 rings (SSSR count). The third-order valence-electron chi connectivity index (χ3n) is 1.92.